The van der Waals surface area contributed by atoms with Crippen molar-refractivity contribution in [1.82, 2.24) is 5.32 Å². The van der Waals surface area contributed by atoms with Crippen LogP contribution in [0.2, 0.25) is 5.02 Å². The van der Waals surface area contributed by atoms with Crippen LogP contribution < -0.4 is 5.32 Å². The molecular weight excluding hydrogens is 310 g/mol. The molecule has 0 spiro atoms. The summed E-state index contributed by atoms with van der Waals surface area (Å²) in [5.74, 6) is -0.869. The molecule has 0 aliphatic carbocycles. The maximum Gasteiger partial charge on any atom is 0.335 e. The third-order valence-electron chi connectivity index (χ3n) is 3.70. The van der Waals surface area contributed by atoms with Gasteiger partial charge in [-0.2, -0.15) is 0 Å². The van der Waals surface area contributed by atoms with Gasteiger partial charge in [-0.1, -0.05) is 35.9 Å². The predicted molar refractivity (Wildman–Crippen MR) is 94.4 cm³/mol. The van der Waals surface area contributed by atoms with Crippen LogP contribution in [-0.2, 0) is 12.8 Å². The molecule has 23 heavy (non-hydrogen) atoms. The summed E-state index contributed by atoms with van der Waals surface area (Å²) in [6, 6.07) is 15.1. The van der Waals surface area contributed by atoms with E-state index in [4.69, 9.17) is 16.7 Å². The van der Waals surface area contributed by atoms with Crippen LogP contribution >= 0.6 is 11.6 Å². The third-order valence-corrected chi connectivity index (χ3v) is 3.94. The molecule has 122 valence electrons. The summed E-state index contributed by atoms with van der Waals surface area (Å²) in [5, 5.41) is 13.2. The van der Waals surface area contributed by atoms with Crippen LogP contribution in [0.4, 0.5) is 0 Å². The molecule has 0 atom stereocenters. The van der Waals surface area contributed by atoms with Crippen molar-refractivity contribution in [3.8, 4) is 0 Å². The Labute approximate surface area is 142 Å². The summed E-state index contributed by atoms with van der Waals surface area (Å²) in [7, 11) is 0. The quantitative estimate of drug-likeness (QED) is 0.677. The predicted octanol–water partition coefficient (Wildman–Crippen LogP) is 4.19. The van der Waals surface area contributed by atoms with Crippen molar-refractivity contribution in [1.29, 1.82) is 0 Å². The minimum Gasteiger partial charge on any atom is -0.478 e. The van der Waals surface area contributed by atoms with Crippen molar-refractivity contribution in [2.45, 2.75) is 25.7 Å². The van der Waals surface area contributed by atoms with Gasteiger partial charge in [0.2, 0.25) is 0 Å². The van der Waals surface area contributed by atoms with Crippen molar-refractivity contribution in [2.24, 2.45) is 0 Å². The fourth-order valence-electron chi connectivity index (χ4n) is 2.51. The van der Waals surface area contributed by atoms with Gasteiger partial charge in [-0.15, -0.1) is 0 Å². The molecule has 0 bridgehead atoms. The molecule has 0 amide bonds. The molecule has 0 heterocycles. The lowest BCUT2D eigenvalue weighted by Crippen LogP contribution is -2.17. The topological polar surface area (TPSA) is 49.3 Å². The van der Waals surface area contributed by atoms with Gasteiger partial charge >= 0.3 is 5.97 Å². The van der Waals surface area contributed by atoms with E-state index in [0.717, 1.165) is 49.4 Å². The monoisotopic (exact) mass is 331 g/mol. The fourth-order valence-corrected chi connectivity index (χ4v) is 2.73. The summed E-state index contributed by atoms with van der Waals surface area (Å²) in [6.45, 7) is 1.91. The molecule has 4 heteroatoms. The van der Waals surface area contributed by atoms with Gasteiger partial charge in [0.05, 0.1) is 5.56 Å². The SMILES string of the molecule is O=C(O)c1cccc(CCCNCCCc2cccc(Cl)c2)c1. The van der Waals surface area contributed by atoms with Crippen LogP contribution in [-0.4, -0.2) is 24.2 Å². The van der Waals surface area contributed by atoms with E-state index < -0.39 is 5.97 Å². The molecule has 0 unspecified atom stereocenters. The van der Waals surface area contributed by atoms with E-state index in [1.165, 1.54) is 5.56 Å². The zero-order valence-electron chi connectivity index (χ0n) is 13.1. The Kier molecular flexibility index (Phi) is 7.11. The number of hydrogen-bond acceptors (Lipinski definition) is 2. The average molecular weight is 332 g/mol. The highest BCUT2D eigenvalue weighted by Crippen LogP contribution is 2.12. The van der Waals surface area contributed by atoms with Crippen LogP contribution in [0.1, 0.15) is 34.3 Å². The third kappa shape index (κ3) is 6.43. The molecule has 0 aromatic heterocycles. The van der Waals surface area contributed by atoms with Crippen LogP contribution in [0.5, 0.6) is 0 Å². The van der Waals surface area contributed by atoms with E-state index in [1.807, 2.05) is 24.3 Å². The van der Waals surface area contributed by atoms with Crippen molar-refractivity contribution in [3.05, 3.63) is 70.2 Å². The molecule has 0 aliphatic heterocycles. The summed E-state index contributed by atoms with van der Waals surface area (Å²) in [5.41, 5.74) is 2.70. The number of carbonyl (C=O) groups is 1. The van der Waals surface area contributed by atoms with Crippen molar-refractivity contribution in [3.63, 3.8) is 0 Å². The lowest BCUT2D eigenvalue weighted by Gasteiger charge is -2.06. The second-order valence-electron chi connectivity index (χ2n) is 5.59. The summed E-state index contributed by atoms with van der Waals surface area (Å²) >= 11 is 5.96. The molecule has 0 aliphatic rings. The van der Waals surface area contributed by atoms with Crippen LogP contribution in [0.3, 0.4) is 0 Å². The van der Waals surface area contributed by atoms with Gasteiger partial charge in [-0.05, 0) is 74.2 Å². The Morgan fingerprint density at radius 2 is 1.57 bits per heavy atom. The summed E-state index contributed by atoms with van der Waals surface area (Å²) in [4.78, 5) is 10.9. The Balaban J connectivity index is 1.59. The summed E-state index contributed by atoms with van der Waals surface area (Å²) < 4.78 is 0. The van der Waals surface area contributed by atoms with Gasteiger partial charge < -0.3 is 10.4 Å². The zero-order chi connectivity index (χ0) is 16.5. The lowest BCUT2D eigenvalue weighted by molar-refractivity contribution is 0.0696. The number of carboxylic acid groups (broad SMARTS) is 1. The van der Waals surface area contributed by atoms with E-state index >= 15 is 0 Å². The van der Waals surface area contributed by atoms with Gasteiger partial charge in [0.1, 0.15) is 0 Å². The zero-order valence-corrected chi connectivity index (χ0v) is 13.9. The van der Waals surface area contributed by atoms with Crippen molar-refractivity contribution >= 4 is 17.6 Å². The fraction of sp³-hybridized carbons (Fsp3) is 0.316. The van der Waals surface area contributed by atoms with Gasteiger partial charge in [0.25, 0.3) is 0 Å². The Morgan fingerprint density at radius 1 is 0.957 bits per heavy atom. The van der Waals surface area contributed by atoms with Crippen LogP contribution in [0.25, 0.3) is 0 Å². The molecule has 0 saturated heterocycles. The van der Waals surface area contributed by atoms with Gasteiger partial charge in [-0.25, -0.2) is 4.79 Å². The highest BCUT2D eigenvalue weighted by molar-refractivity contribution is 6.30. The number of hydrogen-bond donors (Lipinski definition) is 2. The van der Waals surface area contributed by atoms with Crippen molar-refractivity contribution < 1.29 is 9.90 Å². The second-order valence-corrected chi connectivity index (χ2v) is 6.03. The normalized spacial score (nSPS) is 10.7. The van der Waals surface area contributed by atoms with Gasteiger partial charge in [0, 0.05) is 5.02 Å². The number of benzene rings is 2. The number of carboxylic acids is 1. The van der Waals surface area contributed by atoms with Crippen molar-refractivity contribution in [2.75, 3.05) is 13.1 Å². The van der Waals surface area contributed by atoms with E-state index in [2.05, 4.69) is 11.4 Å². The first-order chi connectivity index (χ1) is 11.1. The first-order valence-corrected chi connectivity index (χ1v) is 8.30. The number of halogens is 1. The maximum atomic E-state index is 10.9. The minimum absolute atomic E-state index is 0.358. The molecule has 2 rings (SSSR count). The Hall–Kier alpha value is -1.84. The smallest absolute Gasteiger partial charge is 0.335 e. The average Bonchev–Trinajstić information content (AvgIpc) is 2.54. The van der Waals surface area contributed by atoms with Crippen LogP contribution in [0, 0.1) is 0 Å². The highest BCUT2D eigenvalue weighted by Gasteiger charge is 2.02. The highest BCUT2D eigenvalue weighted by atomic mass is 35.5. The molecule has 0 radical (unpaired) electrons. The molecule has 2 aromatic rings. The van der Waals surface area contributed by atoms with E-state index in [-0.39, 0.29) is 0 Å². The molecule has 2 N–H and O–H groups in total. The Morgan fingerprint density at radius 3 is 2.17 bits per heavy atom. The van der Waals surface area contributed by atoms with Gasteiger partial charge in [0.15, 0.2) is 0 Å². The number of rotatable bonds is 9. The summed E-state index contributed by atoms with van der Waals surface area (Å²) in [6.07, 6.45) is 3.99. The second kappa shape index (κ2) is 9.33. The molecule has 0 fully saturated rings. The molecule has 2 aromatic carbocycles. The maximum absolute atomic E-state index is 10.9. The van der Waals surface area contributed by atoms with E-state index in [0.29, 0.717) is 5.56 Å². The number of aryl methyl sites for hydroxylation is 2. The standard InChI is InChI=1S/C19H22ClNO2/c20-18-10-2-6-16(14-18)8-4-12-21-11-3-7-15-5-1-9-17(13-15)19(22)23/h1-2,5-6,9-10,13-14,21H,3-4,7-8,11-12H2,(H,22,23). The molecule has 3 nitrogen and oxygen atoms in total. The number of aromatic carboxylic acids is 1. The lowest BCUT2D eigenvalue weighted by atomic mass is 10.1. The first kappa shape index (κ1) is 17.5. The molecule has 0 saturated carbocycles. The van der Waals surface area contributed by atoms with Crippen LogP contribution in [0.15, 0.2) is 48.5 Å². The largest absolute Gasteiger partial charge is 0.478 e. The van der Waals surface area contributed by atoms with Gasteiger partial charge in [-0.3, -0.25) is 0 Å². The van der Waals surface area contributed by atoms with E-state index in [9.17, 15) is 4.79 Å². The van der Waals surface area contributed by atoms with E-state index in [1.54, 1.807) is 18.2 Å². The number of nitrogens with one attached hydrogen (secondary N) is 1. The minimum atomic E-state index is -0.869. The molecular formula is C19H22ClNO2. The first-order valence-electron chi connectivity index (χ1n) is 7.92. The Bertz CT molecular complexity index is 643.